The molecule has 1 aliphatic carbocycles. The molecule has 1 atom stereocenters. The number of rotatable bonds is 3. The van der Waals surface area contributed by atoms with Crippen molar-refractivity contribution in [2.45, 2.75) is 57.2 Å². The van der Waals surface area contributed by atoms with Crippen LogP contribution in [-0.4, -0.2) is 29.6 Å². The fourth-order valence-corrected chi connectivity index (χ4v) is 4.07. The summed E-state index contributed by atoms with van der Waals surface area (Å²) in [4.78, 5) is 2.51. The molecule has 0 bridgehead atoms. The third kappa shape index (κ3) is 2.96. The Balaban J connectivity index is 1.83. The van der Waals surface area contributed by atoms with Gasteiger partial charge < -0.3 is 5.32 Å². The molecule has 0 radical (unpaired) electrons. The molecule has 1 saturated heterocycles. The first-order valence-electron chi connectivity index (χ1n) is 8.06. The van der Waals surface area contributed by atoms with Crippen molar-refractivity contribution in [2.24, 2.45) is 0 Å². The van der Waals surface area contributed by atoms with E-state index in [-0.39, 0.29) is 16.4 Å². The lowest BCUT2D eigenvalue weighted by Gasteiger charge is -2.48. The number of hydrogen-bond donors (Lipinski definition) is 1. The van der Waals surface area contributed by atoms with E-state index in [0.717, 1.165) is 25.1 Å². The molecule has 2 nitrogen and oxygen atoms in total. The summed E-state index contributed by atoms with van der Waals surface area (Å²) in [5.41, 5.74) is 0.950. The molecule has 1 aromatic carbocycles. The molecule has 2 fully saturated rings. The average molecular weight is 311 g/mol. The molecule has 116 valence electrons. The molecule has 1 aliphatic heterocycles. The quantitative estimate of drug-likeness (QED) is 0.908. The number of halogens is 2. The van der Waals surface area contributed by atoms with Crippen molar-refractivity contribution < 1.29 is 4.39 Å². The summed E-state index contributed by atoms with van der Waals surface area (Å²) in [5.74, 6) is -0.251. The van der Waals surface area contributed by atoms with Gasteiger partial charge in [0.2, 0.25) is 0 Å². The first-order chi connectivity index (χ1) is 10.1. The van der Waals surface area contributed by atoms with Crippen LogP contribution in [0.1, 0.15) is 44.6 Å². The summed E-state index contributed by atoms with van der Waals surface area (Å²) in [6.07, 6.45) is 6.13. The molecular weight excluding hydrogens is 287 g/mol. The first kappa shape index (κ1) is 15.3. The second kappa shape index (κ2) is 6.23. The van der Waals surface area contributed by atoms with Gasteiger partial charge in [0.1, 0.15) is 5.82 Å². The molecule has 1 heterocycles. The fourth-order valence-electron chi connectivity index (χ4n) is 3.88. The van der Waals surface area contributed by atoms with E-state index in [0.29, 0.717) is 12.6 Å². The number of benzene rings is 1. The van der Waals surface area contributed by atoms with Gasteiger partial charge in [-0.2, -0.15) is 0 Å². The zero-order chi connectivity index (χ0) is 14.9. The lowest BCUT2D eigenvalue weighted by Crippen LogP contribution is -2.63. The number of piperazine rings is 1. The molecule has 0 amide bonds. The van der Waals surface area contributed by atoms with Crippen molar-refractivity contribution in [1.29, 1.82) is 0 Å². The molecule has 1 spiro atoms. The van der Waals surface area contributed by atoms with E-state index < -0.39 is 0 Å². The Kier molecular flexibility index (Phi) is 4.53. The maximum Gasteiger partial charge on any atom is 0.146 e. The summed E-state index contributed by atoms with van der Waals surface area (Å²) >= 11 is 5.93. The molecule has 4 heteroatoms. The van der Waals surface area contributed by atoms with Gasteiger partial charge in [0, 0.05) is 36.8 Å². The van der Waals surface area contributed by atoms with E-state index >= 15 is 0 Å². The molecule has 1 N–H and O–H groups in total. The van der Waals surface area contributed by atoms with Gasteiger partial charge in [0.15, 0.2) is 0 Å². The van der Waals surface area contributed by atoms with Crippen molar-refractivity contribution in [1.82, 2.24) is 10.2 Å². The van der Waals surface area contributed by atoms with Crippen LogP contribution in [0.4, 0.5) is 4.39 Å². The maximum atomic E-state index is 14.2. The largest absolute Gasteiger partial charge is 0.311 e. The minimum absolute atomic E-state index is 0.223. The normalized spacial score (nSPS) is 25.6. The van der Waals surface area contributed by atoms with Crippen LogP contribution in [0, 0.1) is 5.82 Å². The van der Waals surface area contributed by atoms with Crippen LogP contribution in [0.3, 0.4) is 0 Å². The van der Waals surface area contributed by atoms with Crippen LogP contribution in [0.2, 0.25) is 5.02 Å². The van der Waals surface area contributed by atoms with Gasteiger partial charge >= 0.3 is 0 Å². The Morgan fingerprint density at radius 2 is 2.14 bits per heavy atom. The van der Waals surface area contributed by atoms with E-state index in [4.69, 9.17) is 11.6 Å². The van der Waals surface area contributed by atoms with Gasteiger partial charge in [-0.1, -0.05) is 43.5 Å². The molecular formula is C17H24ClFN2. The van der Waals surface area contributed by atoms with E-state index in [2.05, 4.69) is 17.1 Å². The van der Waals surface area contributed by atoms with Gasteiger partial charge in [-0.15, -0.1) is 0 Å². The summed E-state index contributed by atoms with van der Waals surface area (Å²) in [6, 6.07) is 5.85. The third-order valence-electron chi connectivity index (χ3n) is 5.25. The Bertz CT molecular complexity index is 500. The molecule has 0 aromatic heterocycles. The predicted octanol–water partition coefficient (Wildman–Crippen LogP) is 3.98. The Morgan fingerprint density at radius 3 is 2.86 bits per heavy atom. The summed E-state index contributed by atoms with van der Waals surface area (Å²) < 4.78 is 14.2. The monoisotopic (exact) mass is 310 g/mol. The third-order valence-corrected chi connectivity index (χ3v) is 5.54. The highest BCUT2D eigenvalue weighted by molar-refractivity contribution is 6.30. The minimum atomic E-state index is -0.251. The number of hydrogen-bond acceptors (Lipinski definition) is 2. The van der Waals surface area contributed by atoms with Gasteiger partial charge in [-0.3, -0.25) is 4.90 Å². The van der Waals surface area contributed by atoms with Crippen LogP contribution in [0.25, 0.3) is 0 Å². The average Bonchev–Trinajstić information content (AvgIpc) is 2.96. The highest BCUT2D eigenvalue weighted by Crippen LogP contribution is 2.38. The molecule has 21 heavy (non-hydrogen) atoms. The van der Waals surface area contributed by atoms with E-state index in [1.165, 1.54) is 25.7 Å². The smallest absolute Gasteiger partial charge is 0.146 e. The first-order valence-corrected chi connectivity index (χ1v) is 8.44. The SMILES string of the molecule is CCC1CN(Cc2cccc(Cl)c2F)C2(CCCC2)CN1. The summed E-state index contributed by atoms with van der Waals surface area (Å²) in [7, 11) is 0. The minimum Gasteiger partial charge on any atom is -0.311 e. The van der Waals surface area contributed by atoms with Gasteiger partial charge in [-0.25, -0.2) is 4.39 Å². The Morgan fingerprint density at radius 1 is 1.38 bits per heavy atom. The molecule has 3 rings (SSSR count). The molecule has 1 unspecified atom stereocenters. The Labute approximate surface area is 131 Å². The van der Waals surface area contributed by atoms with Crippen LogP contribution in [0.5, 0.6) is 0 Å². The van der Waals surface area contributed by atoms with Crippen molar-refractivity contribution >= 4 is 11.6 Å². The second-order valence-corrected chi connectivity index (χ2v) is 6.92. The maximum absolute atomic E-state index is 14.2. The number of nitrogens with one attached hydrogen (secondary N) is 1. The second-order valence-electron chi connectivity index (χ2n) is 6.51. The fraction of sp³-hybridized carbons (Fsp3) is 0.647. The van der Waals surface area contributed by atoms with Crippen molar-refractivity contribution in [3.63, 3.8) is 0 Å². The van der Waals surface area contributed by atoms with Crippen molar-refractivity contribution in [3.05, 3.63) is 34.6 Å². The van der Waals surface area contributed by atoms with E-state index in [1.807, 2.05) is 12.1 Å². The van der Waals surface area contributed by atoms with Gasteiger partial charge in [0.25, 0.3) is 0 Å². The number of nitrogens with zero attached hydrogens (tertiary/aromatic N) is 1. The molecule has 1 aromatic rings. The summed E-state index contributed by atoms with van der Waals surface area (Å²) in [5, 5.41) is 3.91. The lowest BCUT2D eigenvalue weighted by molar-refractivity contribution is 0.0341. The molecule has 2 aliphatic rings. The lowest BCUT2D eigenvalue weighted by atomic mass is 9.89. The van der Waals surface area contributed by atoms with Crippen LogP contribution >= 0.6 is 11.6 Å². The Hall–Kier alpha value is -0.640. The highest BCUT2D eigenvalue weighted by atomic mass is 35.5. The summed E-state index contributed by atoms with van der Waals surface area (Å²) in [6.45, 7) is 4.92. The predicted molar refractivity (Wildman–Crippen MR) is 85.1 cm³/mol. The highest BCUT2D eigenvalue weighted by Gasteiger charge is 2.43. The van der Waals surface area contributed by atoms with Crippen molar-refractivity contribution in [3.8, 4) is 0 Å². The van der Waals surface area contributed by atoms with Crippen molar-refractivity contribution in [2.75, 3.05) is 13.1 Å². The van der Waals surface area contributed by atoms with Crippen LogP contribution in [-0.2, 0) is 6.54 Å². The van der Waals surface area contributed by atoms with Gasteiger partial charge in [0.05, 0.1) is 5.02 Å². The van der Waals surface area contributed by atoms with E-state index in [1.54, 1.807) is 6.07 Å². The topological polar surface area (TPSA) is 15.3 Å². The van der Waals surface area contributed by atoms with Crippen LogP contribution < -0.4 is 5.32 Å². The van der Waals surface area contributed by atoms with Crippen LogP contribution in [0.15, 0.2) is 18.2 Å². The zero-order valence-electron chi connectivity index (χ0n) is 12.7. The zero-order valence-corrected chi connectivity index (χ0v) is 13.4. The standard InChI is InChI=1S/C17H24ClFN2/c1-2-14-11-21(17(12-20-14)8-3-4-9-17)10-13-6-5-7-15(18)16(13)19/h5-7,14,20H,2-4,8-12H2,1H3. The van der Waals surface area contributed by atoms with E-state index in [9.17, 15) is 4.39 Å². The molecule has 1 saturated carbocycles. The van der Waals surface area contributed by atoms with Gasteiger partial charge in [-0.05, 0) is 25.3 Å².